The molecule has 24 heteroatoms. The molecule has 0 radical (unpaired) electrons. The molecule has 10 atom stereocenters. The zero-order valence-electron chi connectivity index (χ0n) is 37.7. The third-order valence-electron chi connectivity index (χ3n) is 10.8. The van der Waals surface area contributed by atoms with Gasteiger partial charge >= 0.3 is 11.9 Å². The molecule has 12 N–H and O–H groups in total. The number of nitrogens with zero attached hydrogens (tertiary/aromatic N) is 2. The second-order valence-corrected chi connectivity index (χ2v) is 16.4. The smallest absolute Gasteiger partial charge is 0.335 e. The zero-order chi connectivity index (χ0) is 49.2. The minimum absolute atomic E-state index is 0.0140. The molecule has 0 aromatic heterocycles. The molecule has 24 nitrogen and oxygen atoms in total. The van der Waals surface area contributed by atoms with Crippen molar-refractivity contribution in [2.45, 2.75) is 179 Å². The number of hydrogen-bond donors (Lipinski definition) is 12. The van der Waals surface area contributed by atoms with Gasteiger partial charge in [0.1, 0.15) is 24.2 Å². The van der Waals surface area contributed by atoms with Crippen molar-refractivity contribution < 1.29 is 83.8 Å². The highest BCUT2D eigenvalue weighted by Gasteiger charge is 2.40. The molecule has 65 heavy (non-hydrogen) atoms. The number of carbonyl (C=O) groups excluding carboxylic acids is 8. The maximum Gasteiger partial charge on any atom is 0.335 e. The summed E-state index contributed by atoms with van der Waals surface area (Å²) < 4.78 is 5.02. The number of hydrogen-bond acceptors (Lipinski definition) is 16. The average molecular weight is 934 g/mol. The second kappa shape index (κ2) is 31.0. The maximum atomic E-state index is 13.6. The number of ether oxygens (including phenoxy) is 1. The van der Waals surface area contributed by atoms with Crippen LogP contribution in [-0.4, -0.2) is 174 Å². The molecule has 1 rings (SSSR count). The molecule has 0 aromatic carbocycles. The van der Waals surface area contributed by atoms with Crippen LogP contribution in [0.15, 0.2) is 0 Å². The molecule has 10 unspecified atom stereocenters. The van der Waals surface area contributed by atoms with Crippen molar-refractivity contribution in [3.63, 3.8) is 0 Å². The molecule has 1 fully saturated rings. The van der Waals surface area contributed by atoms with E-state index in [2.05, 4.69) is 28.2 Å². The number of aliphatic carboxylic acids is 1. The van der Waals surface area contributed by atoms with E-state index in [1.54, 1.807) is 0 Å². The number of aliphatic hydroxyl groups is 4. The number of rotatable bonds is 26. The molecule has 1 heterocycles. The number of hydroxylamine groups is 4. The maximum absolute atomic E-state index is 13.6. The Balaban J connectivity index is 3.22. The van der Waals surface area contributed by atoms with Gasteiger partial charge in [0.15, 0.2) is 12.1 Å². The number of carboxylic acids is 1. The Morgan fingerprint density at radius 3 is 2.06 bits per heavy atom. The van der Waals surface area contributed by atoms with Gasteiger partial charge in [-0.1, -0.05) is 65.2 Å². The molecular formula is C41H71N7O17. The number of nitrogens with one attached hydrogen (secondary N) is 5. The highest BCUT2D eigenvalue weighted by Crippen LogP contribution is 2.16. The normalized spacial score (nSPS) is 21.8. The molecule has 0 bridgehead atoms. The summed E-state index contributed by atoms with van der Waals surface area (Å²) in [6.07, 6.45) is 1.16. The van der Waals surface area contributed by atoms with Gasteiger partial charge in [0.25, 0.3) is 0 Å². The Kier molecular flexibility index (Phi) is 27.7. The van der Waals surface area contributed by atoms with Crippen molar-refractivity contribution in [2.24, 2.45) is 5.92 Å². The van der Waals surface area contributed by atoms with Gasteiger partial charge in [0.05, 0.1) is 37.2 Å². The predicted octanol–water partition coefficient (Wildman–Crippen LogP) is -1.89. The first-order valence-electron chi connectivity index (χ1n) is 22.2. The van der Waals surface area contributed by atoms with E-state index in [-0.39, 0.29) is 50.1 Å². The van der Waals surface area contributed by atoms with Gasteiger partial charge in [0.2, 0.25) is 41.9 Å². The summed E-state index contributed by atoms with van der Waals surface area (Å²) in [4.78, 5) is 115. The van der Waals surface area contributed by atoms with Crippen LogP contribution in [0, 0.1) is 5.92 Å². The zero-order valence-corrected chi connectivity index (χ0v) is 37.7. The fourth-order valence-electron chi connectivity index (χ4n) is 6.82. The van der Waals surface area contributed by atoms with Gasteiger partial charge in [-0.3, -0.25) is 44.0 Å². The first-order valence-corrected chi connectivity index (χ1v) is 22.2. The molecule has 0 aliphatic carbocycles. The van der Waals surface area contributed by atoms with Crippen molar-refractivity contribution in [2.75, 3.05) is 19.7 Å². The molecule has 1 saturated heterocycles. The van der Waals surface area contributed by atoms with Gasteiger partial charge in [-0.25, -0.2) is 19.7 Å². The van der Waals surface area contributed by atoms with E-state index in [4.69, 9.17) is 4.74 Å². The van der Waals surface area contributed by atoms with E-state index in [0.29, 0.717) is 11.5 Å². The Morgan fingerprint density at radius 2 is 1.49 bits per heavy atom. The minimum Gasteiger partial charge on any atom is -0.479 e. The van der Waals surface area contributed by atoms with Crippen molar-refractivity contribution in [3.8, 4) is 0 Å². The molecule has 1 aliphatic heterocycles. The summed E-state index contributed by atoms with van der Waals surface area (Å²) in [5.41, 5.74) is 0. The molecular weight excluding hydrogens is 862 g/mol. The second-order valence-electron chi connectivity index (χ2n) is 16.4. The molecule has 0 aromatic rings. The monoisotopic (exact) mass is 933 g/mol. The Bertz CT molecular complexity index is 1560. The lowest BCUT2D eigenvalue weighted by Crippen LogP contribution is -2.62. The quantitative estimate of drug-likeness (QED) is 0.0148. The third-order valence-corrected chi connectivity index (χ3v) is 10.8. The van der Waals surface area contributed by atoms with Gasteiger partial charge in [-0.2, -0.15) is 0 Å². The van der Waals surface area contributed by atoms with Gasteiger partial charge in [-0.05, 0) is 46.0 Å². The van der Waals surface area contributed by atoms with Crippen LogP contribution in [0.3, 0.4) is 0 Å². The van der Waals surface area contributed by atoms with Gasteiger partial charge in [-0.15, -0.1) is 0 Å². The van der Waals surface area contributed by atoms with Crippen molar-refractivity contribution in [1.82, 2.24) is 36.7 Å². The topological polar surface area (TPSA) is 371 Å². The average Bonchev–Trinajstić information content (AvgIpc) is 3.25. The van der Waals surface area contributed by atoms with Gasteiger partial charge < -0.3 is 56.9 Å². The van der Waals surface area contributed by atoms with Crippen LogP contribution in [0.5, 0.6) is 0 Å². The summed E-state index contributed by atoms with van der Waals surface area (Å²) in [5.74, 6) is -10.9. The summed E-state index contributed by atoms with van der Waals surface area (Å²) in [6.45, 7) is 4.02. The SMILES string of the molecule is CCCCCCCCCCCC(=O)NC(CCCN(O)C=O)C(O)C(C)C(=O)NC(CO)C(=O)NC1CCCN(O)C(=O)CC(C)OC(=O)C(C(O)C(=O)O)NC(=O)C(C(C)O)NC1=O. The number of aliphatic hydroxyl groups excluding tert-OH is 4. The minimum atomic E-state index is -2.60. The lowest BCUT2D eigenvalue weighted by Gasteiger charge is -2.30. The van der Waals surface area contributed by atoms with Crippen molar-refractivity contribution >= 4 is 53.8 Å². The fourth-order valence-corrected chi connectivity index (χ4v) is 6.82. The molecule has 0 spiro atoms. The summed E-state index contributed by atoms with van der Waals surface area (Å²) in [5, 5.41) is 83.4. The Labute approximate surface area is 378 Å². The van der Waals surface area contributed by atoms with Crippen molar-refractivity contribution in [1.29, 1.82) is 0 Å². The van der Waals surface area contributed by atoms with Crippen LogP contribution >= 0.6 is 0 Å². The van der Waals surface area contributed by atoms with Crippen LogP contribution in [0.25, 0.3) is 0 Å². The molecule has 1 aliphatic rings. The lowest BCUT2D eigenvalue weighted by atomic mass is 9.93. The van der Waals surface area contributed by atoms with Crippen LogP contribution in [-0.2, 0) is 47.9 Å². The third kappa shape index (κ3) is 21.7. The van der Waals surface area contributed by atoms with E-state index in [0.717, 1.165) is 45.4 Å². The lowest BCUT2D eigenvalue weighted by molar-refractivity contribution is -0.172. The highest BCUT2D eigenvalue weighted by atomic mass is 16.5. The largest absolute Gasteiger partial charge is 0.479 e. The first kappa shape index (κ1) is 58.0. The van der Waals surface area contributed by atoms with E-state index in [1.807, 2.05) is 5.32 Å². The molecule has 0 saturated carbocycles. The molecule has 7 amide bonds. The van der Waals surface area contributed by atoms with Crippen molar-refractivity contribution in [3.05, 3.63) is 0 Å². The summed E-state index contributed by atoms with van der Waals surface area (Å²) >= 11 is 0. The first-order chi connectivity index (χ1) is 30.7. The van der Waals surface area contributed by atoms with Crippen LogP contribution in [0.2, 0.25) is 0 Å². The highest BCUT2D eigenvalue weighted by molar-refractivity contribution is 5.96. The number of esters is 1. The Hall–Kier alpha value is -5.01. The molecule has 372 valence electrons. The van der Waals surface area contributed by atoms with Gasteiger partial charge in [0, 0.05) is 19.5 Å². The van der Waals surface area contributed by atoms with E-state index >= 15 is 0 Å². The number of cyclic esters (lactones) is 1. The summed E-state index contributed by atoms with van der Waals surface area (Å²) in [6, 6.07) is -8.78. The predicted molar refractivity (Wildman–Crippen MR) is 226 cm³/mol. The fraction of sp³-hybridized carbons (Fsp3) is 0.780. The number of carboxylic acid groups (broad SMARTS) is 1. The summed E-state index contributed by atoms with van der Waals surface area (Å²) in [7, 11) is 0. The van der Waals surface area contributed by atoms with Crippen LogP contribution in [0.1, 0.15) is 124 Å². The Morgan fingerprint density at radius 1 is 0.892 bits per heavy atom. The van der Waals surface area contributed by atoms with Crippen LogP contribution < -0.4 is 26.6 Å². The van der Waals surface area contributed by atoms with E-state index in [9.17, 15) is 79.1 Å². The van der Waals surface area contributed by atoms with E-state index in [1.165, 1.54) is 26.7 Å². The van der Waals surface area contributed by atoms with E-state index < -0.39 is 127 Å². The van der Waals surface area contributed by atoms with Crippen LogP contribution in [0.4, 0.5) is 0 Å². The number of unbranched alkanes of at least 4 members (excludes halogenated alkanes) is 8. The number of amides is 7. The standard InChI is InChI=1S/C41H71N7O17/c1-5-6-7-8-9-10-11-12-13-18-30(52)42-27(16-14-19-47(63)23-50)34(54)25(3)36(56)44-29(22-49)38(58)43-28-17-15-20-48(64)31(53)21-24(2)65-41(62)33(35(55)40(60)61)46-39(59)32(26(4)51)45-37(28)57/h23-29,32-35,49,51,54-55,63-64H,5-22H2,1-4H3,(H,42,52)(H,43,58)(H,44,56)(H,45,57)(H,46,59)(H,60,61). The number of carbonyl (C=O) groups is 9.